The first kappa shape index (κ1) is 21.2. The number of thiazole rings is 1. The minimum absolute atomic E-state index is 0.00443. The van der Waals surface area contributed by atoms with Crippen LogP contribution in [0.25, 0.3) is 32.6 Å². The molecule has 1 N–H and O–H groups in total. The van der Waals surface area contributed by atoms with Gasteiger partial charge in [0.1, 0.15) is 11.6 Å². The molecule has 1 unspecified atom stereocenters. The van der Waals surface area contributed by atoms with Gasteiger partial charge in [-0.1, -0.05) is 24.3 Å². The van der Waals surface area contributed by atoms with E-state index >= 15 is 0 Å². The summed E-state index contributed by atoms with van der Waals surface area (Å²) in [4.78, 5) is 17.5. The summed E-state index contributed by atoms with van der Waals surface area (Å²) in [6.07, 6.45) is 0. The van der Waals surface area contributed by atoms with Crippen molar-refractivity contribution in [3.05, 3.63) is 89.2 Å². The number of aryl methyl sites for hydroxylation is 2. The lowest BCUT2D eigenvalue weighted by atomic mass is 9.99. The Morgan fingerprint density at radius 3 is 2.64 bits per heavy atom. The van der Waals surface area contributed by atoms with E-state index in [-0.39, 0.29) is 6.04 Å². The molecule has 3 heterocycles. The zero-order chi connectivity index (χ0) is 22.9. The van der Waals surface area contributed by atoms with Crippen LogP contribution in [-0.4, -0.2) is 19.9 Å². The molecule has 0 bridgehead atoms. The summed E-state index contributed by atoms with van der Waals surface area (Å²) < 4.78 is 14.6. The van der Waals surface area contributed by atoms with E-state index in [1.54, 1.807) is 17.4 Å². The summed E-state index contributed by atoms with van der Waals surface area (Å²) in [5.74, 6) is 1.000. The molecule has 0 fully saturated rings. The lowest BCUT2D eigenvalue weighted by Crippen LogP contribution is -2.09. The molecule has 7 heteroatoms. The molecule has 5 rings (SSSR count). The molecule has 3 aromatic heterocycles. The Balaban J connectivity index is 1.42. The van der Waals surface area contributed by atoms with Crippen molar-refractivity contribution in [3.8, 4) is 22.4 Å². The SMILES string of the molecule is Cc1nc(NC(C)c2cccc(-c3ccc(F)nc3C)c2)cc(-c2ccc3ncsc3c2)n1. The van der Waals surface area contributed by atoms with Crippen molar-refractivity contribution in [2.24, 2.45) is 0 Å². The molecule has 5 aromatic rings. The fourth-order valence-electron chi connectivity index (χ4n) is 3.92. The Labute approximate surface area is 195 Å². The number of pyridine rings is 1. The molecule has 0 aliphatic heterocycles. The number of anilines is 1. The standard InChI is InChI=1S/C26H22FN5S/c1-15(18-5-4-6-19(11-18)21-8-10-25(27)29-16(21)2)30-26-13-23(31-17(3)32-26)20-7-9-22-24(12-20)33-14-28-22/h4-15H,1-3H3,(H,30,31,32). The fraction of sp³-hybridized carbons (Fsp3) is 0.154. The number of nitrogens with zero attached hydrogens (tertiary/aromatic N) is 4. The van der Waals surface area contributed by atoms with Crippen molar-refractivity contribution in [1.29, 1.82) is 0 Å². The number of fused-ring (bicyclic) bond motifs is 1. The number of halogens is 1. The van der Waals surface area contributed by atoms with E-state index in [4.69, 9.17) is 0 Å². The van der Waals surface area contributed by atoms with Crippen LogP contribution in [0.1, 0.15) is 30.0 Å². The largest absolute Gasteiger partial charge is 0.363 e. The van der Waals surface area contributed by atoms with Gasteiger partial charge >= 0.3 is 0 Å². The Kier molecular flexibility index (Phi) is 5.56. The average molecular weight is 456 g/mol. The zero-order valence-corrected chi connectivity index (χ0v) is 19.3. The predicted octanol–water partition coefficient (Wildman–Crippen LogP) is 6.74. The number of nitrogens with one attached hydrogen (secondary N) is 1. The molecule has 0 saturated carbocycles. The van der Waals surface area contributed by atoms with Crippen LogP contribution in [0.15, 0.2) is 66.2 Å². The van der Waals surface area contributed by atoms with Crippen LogP contribution in [0.4, 0.5) is 10.2 Å². The third-order valence-corrected chi connectivity index (χ3v) is 6.37. The molecule has 2 aromatic carbocycles. The minimum atomic E-state index is -0.466. The first-order valence-electron chi connectivity index (χ1n) is 10.7. The number of benzene rings is 2. The maximum atomic E-state index is 13.4. The van der Waals surface area contributed by atoms with Gasteiger partial charge in [0.2, 0.25) is 5.95 Å². The maximum Gasteiger partial charge on any atom is 0.213 e. The molecule has 0 radical (unpaired) electrons. The number of aromatic nitrogens is 4. The summed E-state index contributed by atoms with van der Waals surface area (Å²) in [5, 5.41) is 3.51. The normalized spacial score (nSPS) is 12.1. The van der Waals surface area contributed by atoms with Crippen LogP contribution < -0.4 is 5.32 Å². The summed E-state index contributed by atoms with van der Waals surface area (Å²) in [6, 6.07) is 19.5. The summed E-state index contributed by atoms with van der Waals surface area (Å²) in [7, 11) is 0. The van der Waals surface area contributed by atoms with Gasteiger partial charge in [-0.15, -0.1) is 11.3 Å². The van der Waals surface area contributed by atoms with Crippen molar-refractivity contribution in [2.75, 3.05) is 5.32 Å². The highest BCUT2D eigenvalue weighted by Gasteiger charge is 2.12. The van der Waals surface area contributed by atoms with Gasteiger partial charge in [0.15, 0.2) is 0 Å². The Bertz CT molecular complexity index is 1460. The molecule has 1 atom stereocenters. The van der Waals surface area contributed by atoms with Crippen molar-refractivity contribution in [3.63, 3.8) is 0 Å². The van der Waals surface area contributed by atoms with E-state index in [0.717, 1.165) is 44.0 Å². The fourth-order valence-corrected chi connectivity index (χ4v) is 4.64. The molecular weight excluding hydrogens is 433 g/mol. The van der Waals surface area contributed by atoms with Crippen molar-refractivity contribution < 1.29 is 4.39 Å². The lowest BCUT2D eigenvalue weighted by molar-refractivity contribution is 0.580. The van der Waals surface area contributed by atoms with Gasteiger partial charge in [0.25, 0.3) is 0 Å². The number of rotatable bonds is 5. The second-order valence-electron chi connectivity index (χ2n) is 7.98. The Morgan fingerprint density at radius 2 is 1.79 bits per heavy atom. The highest BCUT2D eigenvalue weighted by molar-refractivity contribution is 7.16. The Hall–Kier alpha value is -3.71. The van der Waals surface area contributed by atoms with E-state index in [2.05, 4.69) is 50.4 Å². The van der Waals surface area contributed by atoms with Crippen LogP contribution in [-0.2, 0) is 0 Å². The number of hydrogen-bond acceptors (Lipinski definition) is 6. The van der Waals surface area contributed by atoms with Crippen LogP contribution in [0, 0.1) is 19.8 Å². The predicted molar refractivity (Wildman–Crippen MR) is 132 cm³/mol. The molecule has 33 heavy (non-hydrogen) atoms. The number of hydrogen-bond donors (Lipinski definition) is 1. The molecule has 0 amide bonds. The maximum absolute atomic E-state index is 13.4. The van der Waals surface area contributed by atoms with Crippen molar-refractivity contribution in [2.45, 2.75) is 26.8 Å². The molecule has 0 aliphatic carbocycles. The van der Waals surface area contributed by atoms with E-state index in [9.17, 15) is 4.39 Å². The monoisotopic (exact) mass is 455 g/mol. The highest BCUT2D eigenvalue weighted by atomic mass is 32.1. The summed E-state index contributed by atoms with van der Waals surface area (Å²) in [5.41, 5.74) is 8.44. The second-order valence-corrected chi connectivity index (χ2v) is 8.87. The van der Waals surface area contributed by atoms with Gasteiger partial charge in [-0.2, -0.15) is 4.39 Å². The molecule has 0 spiro atoms. The first-order valence-corrected chi connectivity index (χ1v) is 11.5. The lowest BCUT2D eigenvalue weighted by Gasteiger charge is -2.17. The second kappa shape index (κ2) is 8.67. The first-order chi connectivity index (χ1) is 16.0. The highest BCUT2D eigenvalue weighted by Crippen LogP contribution is 2.29. The van der Waals surface area contributed by atoms with Gasteiger partial charge in [-0.3, -0.25) is 0 Å². The van der Waals surface area contributed by atoms with Crippen molar-refractivity contribution in [1.82, 2.24) is 19.9 Å². The molecule has 164 valence electrons. The van der Waals surface area contributed by atoms with Crippen LogP contribution in [0.2, 0.25) is 0 Å². The average Bonchev–Trinajstić information content (AvgIpc) is 3.27. The minimum Gasteiger partial charge on any atom is -0.363 e. The van der Waals surface area contributed by atoms with Gasteiger partial charge in [0.05, 0.1) is 21.4 Å². The summed E-state index contributed by atoms with van der Waals surface area (Å²) >= 11 is 1.62. The van der Waals surface area contributed by atoms with E-state index in [0.29, 0.717) is 11.5 Å². The molecular formula is C26H22FN5S. The molecule has 0 aliphatic rings. The molecule has 0 saturated heterocycles. The zero-order valence-electron chi connectivity index (χ0n) is 18.5. The van der Waals surface area contributed by atoms with Crippen LogP contribution in [0.3, 0.4) is 0 Å². The Morgan fingerprint density at radius 1 is 0.909 bits per heavy atom. The van der Waals surface area contributed by atoms with E-state index < -0.39 is 5.95 Å². The van der Waals surface area contributed by atoms with Crippen LogP contribution in [0.5, 0.6) is 0 Å². The van der Waals surface area contributed by atoms with E-state index in [1.807, 2.05) is 49.7 Å². The third-order valence-electron chi connectivity index (χ3n) is 5.58. The van der Waals surface area contributed by atoms with Crippen molar-refractivity contribution >= 4 is 27.4 Å². The van der Waals surface area contributed by atoms with E-state index in [1.165, 1.54) is 6.07 Å². The molecule has 5 nitrogen and oxygen atoms in total. The topological polar surface area (TPSA) is 63.6 Å². The smallest absolute Gasteiger partial charge is 0.213 e. The van der Waals surface area contributed by atoms with Gasteiger partial charge in [-0.05, 0) is 62.2 Å². The van der Waals surface area contributed by atoms with Gasteiger partial charge in [-0.25, -0.2) is 19.9 Å². The van der Waals surface area contributed by atoms with Gasteiger partial charge in [0, 0.05) is 28.9 Å². The van der Waals surface area contributed by atoms with Crippen LogP contribution >= 0.6 is 11.3 Å². The summed E-state index contributed by atoms with van der Waals surface area (Å²) in [6.45, 7) is 5.81. The third kappa shape index (κ3) is 4.45. The quantitative estimate of drug-likeness (QED) is 0.297. The van der Waals surface area contributed by atoms with Gasteiger partial charge < -0.3 is 5.32 Å².